The van der Waals surface area contributed by atoms with Crippen LogP contribution in [0.15, 0.2) is 96.4 Å². The van der Waals surface area contributed by atoms with E-state index in [1.165, 1.54) is 29.2 Å². The van der Waals surface area contributed by atoms with Crippen LogP contribution in [-0.4, -0.2) is 37.7 Å². The standard InChI is InChI=1S/C30H32FN3O4S/c1-2-20-32-30(36)29(24-6-4-3-5-7-24)34(21-23-8-13-25(31)14-9-23)28(35)19-12-22-10-17-27(18-11-22)39(37,38)33-26-15-16-26/h2-11,13-14,17-18,26,29,33H,1,12,15-16,19-21H2,(H,32,36). The van der Waals surface area contributed by atoms with Crippen molar-refractivity contribution in [2.24, 2.45) is 0 Å². The largest absolute Gasteiger partial charge is 0.351 e. The van der Waals surface area contributed by atoms with Crippen molar-refractivity contribution in [2.75, 3.05) is 6.54 Å². The number of nitrogens with one attached hydrogen (secondary N) is 2. The van der Waals surface area contributed by atoms with E-state index in [-0.39, 0.29) is 42.3 Å². The highest BCUT2D eigenvalue weighted by Crippen LogP contribution is 2.26. The molecule has 1 fully saturated rings. The van der Waals surface area contributed by atoms with E-state index >= 15 is 0 Å². The summed E-state index contributed by atoms with van der Waals surface area (Å²) in [5, 5.41) is 2.80. The summed E-state index contributed by atoms with van der Waals surface area (Å²) in [5.74, 6) is -1.01. The Bertz CT molecular complexity index is 1390. The molecule has 3 aromatic carbocycles. The first-order valence-corrected chi connectivity index (χ1v) is 14.3. The van der Waals surface area contributed by atoms with Crippen LogP contribution in [-0.2, 0) is 32.6 Å². The van der Waals surface area contributed by atoms with E-state index in [1.807, 2.05) is 6.07 Å². The Kier molecular flexibility index (Phi) is 9.27. The maximum absolute atomic E-state index is 13.7. The molecule has 1 aliphatic rings. The van der Waals surface area contributed by atoms with Gasteiger partial charge in [-0.25, -0.2) is 17.5 Å². The number of hydrogen-bond donors (Lipinski definition) is 2. The average molecular weight is 550 g/mol. The molecule has 1 atom stereocenters. The van der Waals surface area contributed by atoms with Crippen LogP contribution in [0.4, 0.5) is 4.39 Å². The van der Waals surface area contributed by atoms with Crippen molar-refractivity contribution in [2.45, 2.75) is 49.2 Å². The van der Waals surface area contributed by atoms with Gasteiger partial charge in [-0.3, -0.25) is 9.59 Å². The second-order valence-electron chi connectivity index (χ2n) is 9.53. The molecule has 39 heavy (non-hydrogen) atoms. The molecule has 7 nitrogen and oxygen atoms in total. The first kappa shape index (κ1) is 28.2. The van der Waals surface area contributed by atoms with Gasteiger partial charge in [0, 0.05) is 25.6 Å². The van der Waals surface area contributed by atoms with Crippen molar-refractivity contribution in [3.63, 3.8) is 0 Å². The summed E-state index contributed by atoms with van der Waals surface area (Å²) in [6.45, 7) is 3.99. The van der Waals surface area contributed by atoms with Gasteiger partial charge in [-0.1, -0.05) is 60.7 Å². The fourth-order valence-electron chi connectivity index (χ4n) is 4.21. The quantitative estimate of drug-likeness (QED) is 0.311. The second kappa shape index (κ2) is 12.8. The number of carbonyl (C=O) groups is 2. The van der Waals surface area contributed by atoms with Gasteiger partial charge in [0.2, 0.25) is 21.8 Å². The Morgan fingerprint density at radius 2 is 1.62 bits per heavy atom. The molecule has 2 amide bonds. The van der Waals surface area contributed by atoms with Crippen molar-refractivity contribution < 1.29 is 22.4 Å². The minimum Gasteiger partial charge on any atom is -0.351 e. The van der Waals surface area contributed by atoms with Gasteiger partial charge in [-0.2, -0.15) is 0 Å². The summed E-state index contributed by atoms with van der Waals surface area (Å²) < 4.78 is 41.1. The molecule has 0 radical (unpaired) electrons. The molecule has 1 aliphatic carbocycles. The zero-order chi connectivity index (χ0) is 27.8. The zero-order valence-electron chi connectivity index (χ0n) is 21.6. The molecule has 0 aromatic heterocycles. The first-order valence-electron chi connectivity index (χ1n) is 12.9. The lowest BCUT2D eigenvalue weighted by atomic mass is 10.0. The predicted molar refractivity (Wildman–Crippen MR) is 147 cm³/mol. The summed E-state index contributed by atoms with van der Waals surface area (Å²) in [7, 11) is -3.56. The van der Waals surface area contributed by atoms with Crippen molar-refractivity contribution in [1.29, 1.82) is 0 Å². The monoisotopic (exact) mass is 549 g/mol. The van der Waals surface area contributed by atoms with Crippen LogP contribution in [0.25, 0.3) is 0 Å². The lowest BCUT2D eigenvalue weighted by molar-refractivity contribution is -0.141. The minimum absolute atomic E-state index is 0.0145. The highest BCUT2D eigenvalue weighted by Gasteiger charge is 2.31. The van der Waals surface area contributed by atoms with E-state index in [0.29, 0.717) is 17.5 Å². The molecule has 0 aliphatic heterocycles. The third-order valence-electron chi connectivity index (χ3n) is 6.44. The fraction of sp³-hybridized carbons (Fsp3) is 0.267. The van der Waals surface area contributed by atoms with Gasteiger partial charge in [0.1, 0.15) is 11.9 Å². The second-order valence-corrected chi connectivity index (χ2v) is 11.2. The Morgan fingerprint density at radius 3 is 2.23 bits per heavy atom. The van der Waals surface area contributed by atoms with E-state index in [9.17, 15) is 22.4 Å². The van der Waals surface area contributed by atoms with Crippen LogP contribution in [0.1, 0.15) is 42.0 Å². The molecule has 0 saturated heterocycles. The van der Waals surface area contributed by atoms with Gasteiger partial charge in [0.05, 0.1) is 4.90 Å². The summed E-state index contributed by atoms with van der Waals surface area (Å²) >= 11 is 0. The Labute approximate surface area is 228 Å². The SMILES string of the molecule is C=CCNC(=O)C(c1ccccc1)N(Cc1ccc(F)cc1)C(=O)CCc1ccc(S(=O)(=O)NC2CC2)cc1. The van der Waals surface area contributed by atoms with E-state index < -0.39 is 21.9 Å². The van der Waals surface area contributed by atoms with E-state index in [1.54, 1.807) is 54.6 Å². The highest BCUT2D eigenvalue weighted by molar-refractivity contribution is 7.89. The molecule has 4 rings (SSSR count). The van der Waals surface area contributed by atoms with Gasteiger partial charge in [-0.05, 0) is 60.2 Å². The Balaban J connectivity index is 1.55. The van der Waals surface area contributed by atoms with E-state index in [4.69, 9.17) is 0 Å². The lowest BCUT2D eigenvalue weighted by Crippen LogP contribution is -2.43. The van der Waals surface area contributed by atoms with Gasteiger partial charge in [0.15, 0.2) is 0 Å². The number of sulfonamides is 1. The van der Waals surface area contributed by atoms with Crippen molar-refractivity contribution >= 4 is 21.8 Å². The Hall–Kier alpha value is -3.82. The zero-order valence-corrected chi connectivity index (χ0v) is 22.4. The van der Waals surface area contributed by atoms with E-state index in [2.05, 4.69) is 16.6 Å². The molecular weight excluding hydrogens is 517 g/mol. The normalized spacial score (nSPS) is 13.9. The predicted octanol–water partition coefficient (Wildman–Crippen LogP) is 4.27. The molecular formula is C30H32FN3O4S. The average Bonchev–Trinajstić information content (AvgIpc) is 3.75. The van der Waals surface area contributed by atoms with Crippen molar-refractivity contribution in [3.8, 4) is 0 Å². The molecule has 204 valence electrons. The summed E-state index contributed by atoms with van der Waals surface area (Å²) in [4.78, 5) is 28.7. The first-order chi connectivity index (χ1) is 18.8. The molecule has 9 heteroatoms. The number of rotatable bonds is 13. The lowest BCUT2D eigenvalue weighted by Gasteiger charge is -2.31. The molecule has 1 saturated carbocycles. The van der Waals surface area contributed by atoms with Crippen LogP contribution in [0.3, 0.4) is 0 Å². The van der Waals surface area contributed by atoms with Gasteiger partial charge in [0.25, 0.3) is 0 Å². The number of benzene rings is 3. The topological polar surface area (TPSA) is 95.6 Å². The van der Waals surface area contributed by atoms with Crippen molar-refractivity contribution in [3.05, 3.63) is 114 Å². The van der Waals surface area contributed by atoms with Gasteiger partial charge < -0.3 is 10.2 Å². The smallest absolute Gasteiger partial charge is 0.247 e. The van der Waals surface area contributed by atoms with Crippen LogP contribution < -0.4 is 10.0 Å². The number of halogens is 1. The summed E-state index contributed by atoms with van der Waals surface area (Å²) in [5.41, 5.74) is 2.12. The van der Waals surface area contributed by atoms with Crippen LogP contribution in [0.2, 0.25) is 0 Å². The van der Waals surface area contributed by atoms with Crippen LogP contribution >= 0.6 is 0 Å². The third kappa shape index (κ3) is 7.84. The number of amides is 2. The Morgan fingerprint density at radius 1 is 0.974 bits per heavy atom. The highest BCUT2D eigenvalue weighted by atomic mass is 32.2. The summed E-state index contributed by atoms with van der Waals surface area (Å²) in [6, 6.07) is 20.4. The fourth-order valence-corrected chi connectivity index (χ4v) is 5.51. The minimum atomic E-state index is -3.56. The third-order valence-corrected chi connectivity index (χ3v) is 7.98. The van der Waals surface area contributed by atoms with E-state index in [0.717, 1.165) is 18.4 Å². The molecule has 0 spiro atoms. The number of carbonyl (C=O) groups excluding carboxylic acids is 2. The van der Waals surface area contributed by atoms with Gasteiger partial charge in [-0.15, -0.1) is 6.58 Å². The van der Waals surface area contributed by atoms with Crippen LogP contribution in [0.5, 0.6) is 0 Å². The van der Waals surface area contributed by atoms with Gasteiger partial charge >= 0.3 is 0 Å². The molecule has 1 unspecified atom stereocenters. The van der Waals surface area contributed by atoms with Crippen molar-refractivity contribution in [1.82, 2.24) is 14.9 Å². The number of aryl methyl sites for hydroxylation is 1. The number of nitrogens with zero attached hydrogens (tertiary/aromatic N) is 1. The molecule has 0 heterocycles. The maximum atomic E-state index is 13.7. The maximum Gasteiger partial charge on any atom is 0.247 e. The summed E-state index contributed by atoms with van der Waals surface area (Å²) in [6.07, 6.45) is 3.71. The molecule has 2 N–H and O–H groups in total. The molecule has 3 aromatic rings. The number of hydrogen-bond acceptors (Lipinski definition) is 4. The van der Waals surface area contributed by atoms with Crippen LogP contribution in [0, 0.1) is 5.82 Å². The molecule has 0 bridgehead atoms.